The number of nitrogen functional groups attached to an aromatic ring is 1. The number of nitrogens with zero attached hydrogens (tertiary/aromatic N) is 4. The highest BCUT2D eigenvalue weighted by molar-refractivity contribution is 5.59. The van der Waals surface area contributed by atoms with Crippen molar-refractivity contribution in [3.05, 3.63) is 30.9 Å². The number of rotatable bonds is 5. The molecule has 0 aliphatic carbocycles. The van der Waals surface area contributed by atoms with Gasteiger partial charge in [0, 0.05) is 24.8 Å². The van der Waals surface area contributed by atoms with E-state index in [4.69, 9.17) is 5.73 Å². The molecule has 0 bridgehead atoms. The predicted octanol–water partition coefficient (Wildman–Crippen LogP) is 1.48. The zero-order chi connectivity index (χ0) is 13.0. The molecule has 0 atom stereocenters. The summed E-state index contributed by atoms with van der Waals surface area (Å²) in [5.41, 5.74) is 7.71. The average molecular weight is 245 g/mol. The molecule has 5 nitrogen and oxygen atoms in total. The second kappa shape index (κ2) is 5.64. The minimum Gasteiger partial charge on any atom is -0.384 e. The first kappa shape index (κ1) is 12.6. The minimum atomic E-state index is 0.538. The molecule has 18 heavy (non-hydrogen) atoms. The first-order valence-corrected chi connectivity index (χ1v) is 6.11. The number of likely N-dealkylation sites (N-methyl/N-ethyl adjacent to an activating group) is 1. The van der Waals surface area contributed by atoms with Crippen molar-refractivity contribution in [3.8, 4) is 11.3 Å². The minimum absolute atomic E-state index is 0.538. The van der Waals surface area contributed by atoms with E-state index in [1.807, 2.05) is 24.7 Å². The first-order valence-electron chi connectivity index (χ1n) is 6.11. The van der Waals surface area contributed by atoms with Crippen LogP contribution in [0.2, 0.25) is 0 Å². The van der Waals surface area contributed by atoms with Gasteiger partial charge in [0.15, 0.2) is 0 Å². The Morgan fingerprint density at radius 1 is 1.33 bits per heavy atom. The van der Waals surface area contributed by atoms with E-state index in [1.165, 1.54) is 0 Å². The molecule has 96 valence electrons. The Hall–Kier alpha value is -1.88. The molecule has 2 heterocycles. The van der Waals surface area contributed by atoms with Gasteiger partial charge in [-0.2, -0.15) is 0 Å². The van der Waals surface area contributed by atoms with Crippen LogP contribution in [0.25, 0.3) is 11.3 Å². The summed E-state index contributed by atoms with van der Waals surface area (Å²) in [6.45, 7) is 5.12. The van der Waals surface area contributed by atoms with Gasteiger partial charge in [-0.1, -0.05) is 6.92 Å². The molecule has 0 aliphatic rings. The number of hydrogen-bond donors (Lipinski definition) is 1. The van der Waals surface area contributed by atoms with Crippen LogP contribution in [-0.4, -0.2) is 39.6 Å². The third-order valence-corrected chi connectivity index (χ3v) is 3.06. The van der Waals surface area contributed by atoms with Crippen LogP contribution in [0.1, 0.15) is 6.92 Å². The molecule has 2 N–H and O–H groups in total. The van der Waals surface area contributed by atoms with Crippen molar-refractivity contribution >= 4 is 5.82 Å². The summed E-state index contributed by atoms with van der Waals surface area (Å²) >= 11 is 0. The molecule has 5 heteroatoms. The maximum atomic E-state index is 5.59. The van der Waals surface area contributed by atoms with E-state index in [0.29, 0.717) is 5.82 Å². The van der Waals surface area contributed by atoms with Gasteiger partial charge in [-0.3, -0.25) is 0 Å². The Morgan fingerprint density at radius 2 is 2.17 bits per heavy atom. The first-order chi connectivity index (χ1) is 8.70. The molecule has 0 fully saturated rings. The van der Waals surface area contributed by atoms with E-state index < -0.39 is 0 Å². The molecular formula is C13H19N5. The summed E-state index contributed by atoms with van der Waals surface area (Å²) in [6, 6.07) is 3.78. The Labute approximate surface area is 107 Å². The van der Waals surface area contributed by atoms with Crippen molar-refractivity contribution in [2.45, 2.75) is 13.5 Å². The zero-order valence-corrected chi connectivity index (χ0v) is 10.9. The summed E-state index contributed by atoms with van der Waals surface area (Å²) in [4.78, 5) is 10.6. The SMILES string of the molecule is CCN(C)CCn1cncc1-c1ccc(N)nc1. The molecule has 0 saturated heterocycles. The van der Waals surface area contributed by atoms with Crippen molar-refractivity contribution in [1.82, 2.24) is 19.4 Å². The smallest absolute Gasteiger partial charge is 0.123 e. The Bertz CT molecular complexity index is 488. The number of hydrogen-bond acceptors (Lipinski definition) is 4. The third-order valence-electron chi connectivity index (χ3n) is 3.06. The van der Waals surface area contributed by atoms with Crippen LogP contribution in [0.3, 0.4) is 0 Å². The number of anilines is 1. The molecule has 0 radical (unpaired) electrons. The van der Waals surface area contributed by atoms with Crippen LogP contribution in [0.15, 0.2) is 30.9 Å². The largest absolute Gasteiger partial charge is 0.384 e. The maximum Gasteiger partial charge on any atom is 0.123 e. The number of pyridine rings is 1. The highest BCUT2D eigenvalue weighted by Crippen LogP contribution is 2.18. The molecule has 0 saturated carbocycles. The molecule has 2 aromatic heterocycles. The molecule has 0 aliphatic heterocycles. The summed E-state index contributed by atoms with van der Waals surface area (Å²) < 4.78 is 2.14. The number of aromatic nitrogens is 3. The average Bonchev–Trinajstić information content (AvgIpc) is 2.85. The van der Waals surface area contributed by atoms with E-state index >= 15 is 0 Å². The molecular weight excluding hydrogens is 226 g/mol. The van der Waals surface area contributed by atoms with Gasteiger partial charge in [-0.05, 0) is 25.7 Å². The van der Waals surface area contributed by atoms with Crippen LogP contribution in [0, 0.1) is 0 Å². The lowest BCUT2D eigenvalue weighted by molar-refractivity contribution is 0.336. The van der Waals surface area contributed by atoms with Gasteiger partial charge >= 0.3 is 0 Å². The lowest BCUT2D eigenvalue weighted by Crippen LogP contribution is -2.22. The highest BCUT2D eigenvalue weighted by Gasteiger charge is 2.06. The second-order valence-electron chi connectivity index (χ2n) is 4.34. The van der Waals surface area contributed by atoms with Gasteiger partial charge in [0.25, 0.3) is 0 Å². The van der Waals surface area contributed by atoms with E-state index in [-0.39, 0.29) is 0 Å². The van der Waals surface area contributed by atoms with Gasteiger partial charge < -0.3 is 15.2 Å². The Balaban J connectivity index is 2.14. The molecule has 0 amide bonds. The Morgan fingerprint density at radius 3 is 2.83 bits per heavy atom. The summed E-state index contributed by atoms with van der Waals surface area (Å²) in [6.07, 6.45) is 5.50. The predicted molar refractivity (Wildman–Crippen MR) is 73.0 cm³/mol. The van der Waals surface area contributed by atoms with E-state index in [0.717, 1.165) is 30.9 Å². The van der Waals surface area contributed by atoms with Gasteiger partial charge in [-0.25, -0.2) is 9.97 Å². The number of imidazole rings is 1. The van der Waals surface area contributed by atoms with Crippen LogP contribution in [-0.2, 0) is 6.54 Å². The molecule has 2 rings (SSSR count). The normalized spacial score (nSPS) is 11.1. The summed E-state index contributed by atoms with van der Waals surface area (Å²) in [7, 11) is 2.11. The summed E-state index contributed by atoms with van der Waals surface area (Å²) in [5, 5.41) is 0. The van der Waals surface area contributed by atoms with Gasteiger partial charge in [0.2, 0.25) is 0 Å². The van der Waals surface area contributed by atoms with Gasteiger partial charge in [-0.15, -0.1) is 0 Å². The van der Waals surface area contributed by atoms with Crippen molar-refractivity contribution in [2.24, 2.45) is 0 Å². The fourth-order valence-corrected chi connectivity index (χ4v) is 1.73. The Kier molecular flexibility index (Phi) is 3.94. The summed E-state index contributed by atoms with van der Waals surface area (Å²) in [5.74, 6) is 0.538. The van der Waals surface area contributed by atoms with Crippen LogP contribution < -0.4 is 5.73 Å². The highest BCUT2D eigenvalue weighted by atomic mass is 15.1. The second-order valence-corrected chi connectivity index (χ2v) is 4.34. The molecule has 0 unspecified atom stereocenters. The fourth-order valence-electron chi connectivity index (χ4n) is 1.73. The van der Waals surface area contributed by atoms with Crippen LogP contribution >= 0.6 is 0 Å². The third kappa shape index (κ3) is 2.87. The molecule has 0 spiro atoms. The van der Waals surface area contributed by atoms with Crippen molar-refractivity contribution in [3.63, 3.8) is 0 Å². The van der Waals surface area contributed by atoms with Crippen molar-refractivity contribution in [2.75, 3.05) is 25.9 Å². The van der Waals surface area contributed by atoms with Crippen LogP contribution in [0.4, 0.5) is 5.82 Å². The van der Waals surface area contributed by atoms with Gasteiger partial charge in [0.05, 0.1) is 18.2 Å². The van der Waals surface area contributed by atoms with Crippen LogP contribution in [0.5, 0.6) is 0 Å². The maximum absolute atomic E-state index is 5.59. The number of nitrogens with two attached hydrogens (primary N) is 1. The lowest BCUT2D eigenvalue weighted by atomic mass is 10.2. The molecule has 0 aromatic carbocycles. The van der Waals surface area contributed by atoms with E-state index in [2.05, 4.69) is 33.4 Å². The topological polar surface area (TPSA) is 60.0 Å². The van der Waals surface area contributed by atoms with E-state index in [9.17, 15) is 0 Å². The van der Waals surface area contributed by atoms with Crippen molar-refractivity contribution < 1.29 is 0 Å². The van der Waals surface area contributed by atoms with Gasteiger partial charge in [0.1, 0.15) is 5.82 Å². The lowest BCUT2D eigenvalue weighted by Gasteiger charge is -2.15. The zero-order valence-electron chi connectivity index (χ0n) is 10.9. The fraction of sp³-hybridized carbons (Fsp3) is 0.385. The standard InChI is InChI=1S/C13H19N5/c1-3-17(2)6-7-18-10-15-9-12(18)11-4-5-13(14)16-8-11/h4-5,8-10H,3,6-7H2,1-2H3,(H2,14,16). The van der Waals surface area contributed by atoms with Crippen molar-refractivity contribution in [1.29, 1.82) is 0 Å². The van der Waals surface area contributed by atoms with E-state index in [1.54, 1.807) is 6.20 Å². The molecule has 2 aromatic rings. The quantitative estimate of drug-likeness (QED) is 0.866. The monoisotopic (exact) mass is 245 g/mol.